The molecule has 24 heavy (non-hydrogen) atoms. The van der Waals surface area contributed by atoms with Gasteiger partial charge in [0.25, 0.3) is 0 Å². The lowest BCUT2D eigenvalue weighted by Crippen LogP contribution is -2.46. The second-order valence-corrected chi connectivity index (χ2v) is 7.12. The maximum atomic E-state index is 12.6. The Bertz CT molecular complexity index is 528. The van der Waals surface area contributed by atoms with E-state index in [1.807, 2.05) is 0 Å². The molecule has 1 aliphatic rings. The van der Waals surface area contributed by atoms with E-state index in [2.05, 4.69) is 40.9 Å². The van der Waals surface area contributed by atoms with Crippen LogP contribution in [0.3, 0.4) is 0 Å². The van der Waals surface area contributed by atoms with Crippen LogP contribution in [0, 0.1) is 5.92 Å². The molecule has 2 amide bonds. The quantitative estimate of drug-likeness (QED) is 0.821. The molecule has 0 unspecified atom stereocenters. The lowest BCUT2D eigenvalue weighted by molar-refractivity contribution is -0.134. The first-order valence-corrected chi connectivity index (χ1v) is 9.80. The minimum Gasteiger partial charge on any atom is -0.354 e. The highest BCUT2D eigenvalue weighted by Gasteiger charge is 2.28. The summed E-state index contributed by atoms with van der Waals surface area (Å²) in [5, 5.41) is 7.38. The first kappa shape index (κ1) is 18.9. The van der Waals surface area contributed by atoms with Crippen molar-refractivity contribution in [2.45, 2.75) is 39.7 Å². The van der Waals surface area contributed by atoms with Gasteiger partial charge in [-0.25, -0.2) is 0 Å². The molecule has 1 aromatic rings. The third-order valence-corrected chi connectivity index (χ3v) is 5.59. The molecule has 0 bridgehead atoms. The number of likely N-dealkylation sites (N-methyl/N-ethyl adjacent to an activating group) is 1. The van der Waals surface area contributed by atoms with Crippen molar-refractivity contribution in [1.82, 2.24) is 15.1 Å². The second-order valence-electron chi connectivity index (χ2n) is 6.34. The van der Waals surface area contributed by atoms with Crippen LogP contribution in [0.4, 0.5) is 0 Å². The SMILES string of the molecule is CCN(CC)[C@@H](CNC(=O)[C@@H]1CCCN(C(C)=O)C1)c1ccsc1. The summed E-state index contributed by atoms with van der Waals surface area (Å²) in [4.78, 5) is 28.3. The first-order chi connectivity index (χ1) is 11.6. The zero-order valence-corrected chi connectivity index (χ0v) is 15.8. The fourth-order valence-electron chi connectivity index (χ4n) is 3.41. The van der Waals surface area contributed by atoms with Crippen molar-refractivity contribution in [3.8, 4) is 0 Å². The van der Waals surface area contributed by atoms with E-state index in [1.54, 1.807) is 23.2 Å². The number of thiophene rings is 1. The Morgan fingerprint density at radius 2 is 2.17 bits per heavy atom. The van der Waals surface area contributed by atoms with Crippen molar-refractivity contribution in [2.24, 2.45) is 5.92 Å². The molecule has 134 valence electrons. The fourth-order valence-corrected chi connectivity index (χ4v) is 4.11. The van der Waals surface area contributed by atoms with Gasteiger partial charge in [-0.1, -0.05) is 13.8 Å². The summed E-state index contributed by atoms with van der Waals surface area (Å²) >= 11 is 1.69. The summed E-state index contributed by atoms with van der Waals surface area (Å²) in [5.74, 6) is 0.0580. The minimum absolute atomic E-state index is 0.0618. The van der Waals surface area contributed by atoms with Crippen molar-refractivity contribution >= 4 is 23.2 Å². The fraction of sp³-hybridized carbons (Fsp3) is 0.667. The van der Waals surface area contributed by atoms with Gasteiger partial charge >= 0.3 is 0 Å². The van der Waals surface area contributed by atoms with Crippen LogP contribution in [0.2, 0.25) is 0 Å². The highest BCUT2D eigenvalue weighted by atomic mass is 32.1. The van der Waals surface area contributed by atoms with Crippen LogP contribution >= 0.6 is 11.3 Å². The highest BCUT2D eigenvalue weighted by molar-refractivity contribution is 7.07. The van der Waals surface area contributed by atoms with Crippen LogP contribution in [0.1, 0.15) is 45.2 Å². The predicted octanol–water partition coefficient (Wildman–Crippen LogP) is 2.51. The van der Waals surface area contributed by atoms with Gasteiger partial charge in [0.1, 0.15) is 0 Å². The van der Waals surface area contributed by atoms with Gasteiger partial charge in [-0.15, -0.1) is 0 Å². The van der Waals surface area contributed by atoms with E-state index in [0.717, 1.165) is 32.5 Å². The molecule has 5 nitrogen and oxygen atoms in total. The summed E-state index contributed by atoms with van der Waals surface area (Å²) < 4.78 is 0. The Morgan fingerprint density at radius 3 is 2.75 bits per heavy atom. The number of hydrogen-bond donors (Lipinski definition) is 1. The van der Waals surface area contributed by atoms with Gasteiger partial charge in [0.2, 0.25) is 11.8 Å². The molecule has 2 atom stereocenters. The number of rotatable bonds is 7. The Morgan fingerprint density at radius 1 is 1.42 bits per heavy atom. The number of carbonyl (C=O) groups excluding carboxylic acids is 2. The Kier molecular flexibility index (Phi) is 7.24. The smallest absolute Gasteiger partial charge is 0.224 e. The normalized spacial score (nSPS) is 19.3. The number of amides is 2. The zero-order chi connectivity index (χ0) is 17.5. The topological polar surface area (TPSA) is 52.7 Å². The van der Waals surface area contributed by atoms with Gasteiger partial charge in [-0.05, 0) is 48.3 Å². The average Bonchev–Trinajstić information content (AvgIpc) is 3.12. The van der Waals surface area contributed by atoms with E-state index < -0.39 is 0 Å². The van der Waals surface area contributed by atoms with Crippen LogP contribution in [0.5, 0.6) is 0 Å². The van der Waals surface area contributed by atoms with Gasteiger partial charge in [0, 0.05) is 26.6 Å². The van der Waals surface area contributed by atoms with Crippen LogP contribution in [0.25, 0.3) is 0 Å². The average molecular weight is 352 g/mol. The highest BCUT2D eigenvalue weighted by Crippen LogP contribution is 2.23. The van der Waals surface area contributed by atoms with Crippen LogP contribution in [0.15, 0.2) is 16.8 Å². The molecule has 1 saturated heterocycles. The lowest BCUT2D eigenvalue weighted by Gasteiger charge is -2.33. The molecule has 0 spiro atoms. The predicted molar refractivity (Wildman–Crippen MR) is 98.0 cm³/mol. The molecule has 1 aliphatic heterocycles. The van der Waals surface area contributed by atoms with E-state index in [4.69, 9.17) is 0 Å². The van der Waals surface area contributed by atoms with Crippen LogP contribution < -0.4 is 5.32 Å². The van der Waals surface area contributed by atoms with Crippen molar-refractivity contribution in [3.05, 3.63) is 22.4 Å². The number of piperidine rings is 1. The van der Waals surface area contributed by atoms with Gasteiger partial charge in [0.05, 0.1) is 12.0 Å². The van der Waals surface area contributed by atoms with Crippen LogP contribution in [-0.2, 0) is 9.59 Å². The maximum Gasteiger partial charge on any atom is 0.224 e. The van der Waals surface area contributed by atoms with Gasteiger partial charge in [0.15, 0.2) is 0 Å². The summed E-state index contributed by atoms with van der Waals surface area (Å²) in [6.45, 7) is 9.72. The number of nitrogens with one attached hydrogen (secondary N) is 1. The van der Waals surface area contributed by atoms with Crippen molar-refractivity contribution in [1.29, 1.82) is 0 Å². The first-order valence-electron chi connectivity index (χ1n) is 8.86. The standard InChI is InChI=1S/C18H29N3O2S/c1-4-20(5-2)17(16-8-10-24-13-16)11-19-18(23)15-7-6-9-21(12-15)14(3)22/h8,10,13,15,17H,4-7,9,11-12H2,1-3H3,(H,19,23)/t15-,17+/m1/s1. The molecule has 1 N–H and O–H groups in total. The van der Waals surface area contributed by atoms with E-state index in [9.17, 15) is 9.59 Å². The molecule has 2 heterocycles. The van der Waals surface area contributed by atoms with Crippen molar-refractivity contribution in [3.63, 3.8) is 0 Å². The molecule has 1 fully saturated rings. The van der Waals surface area contributed by atoms with E-state index in [1.165, 1.54) is 5.56 Å². The van der Waals surface area contributed by atoms with E-state index in [-0.39, 0.29) is 23.8 Å². The Labute approximate surface area is 149 Å². The molecule has 0 aromatic carbocycles. The third kappa shape index (κ3) is 4.80. The maximum absolute atomic E-state index is 12.6. The summed E-state index contributed by atoms with van der Waals surface area (Å²) in [7, 11) is 0. The van der Waals surface area contributed by atoms with E-state index in [0.29, 0.717) is 13.1 Å². The molecule has 1 aromatic heterocycles. The van der Waals surface area contributed by atoms with Gasteiger partial charge < -0.3 is 10.2 Å². The van der Waals surface area contributed by atoms with Gasteiger partial charge in [-0.3, -0.25) is 14.5 Å². The molecular formula is C18H29N3O2S. The number of carbonyl (C=O) groups is 2. The Hall–Kier alpha value is -1.40. The summed E-state index contributed by atoms with van der Waals surface area (Å²) in [6, 6.07) is 2.35. The molecule has 0 saturated carbocycles. The number of nitrogens with zero attached hydrogens (tertiary/aromatic N) is 2. The molecule has 6 heteroatoms. The second kappa shape index (κ2) is 9.18. The Balaban J connectivity index is 1.95. The summed E-state index contributed by atoms with van der Waals surface area (Å²) in [5.41, 5.74) is 1.26. The van der Waals surface area contributed by atoms with Crippen molar-refractivity contribution in [2.75, 3.05) is 32.7 Å². The van der Waals surface area contributed by atoms with E-state index >= 15 is 0 Å². The van der Waals surface area contributed by atoms with Gasteiger partial charge in [-0.2, -0.15) is 11.3 Å². The third-order valence-electron chi connectivity index (χ3n) is 4.89. The summed E-state index contributed by atoms with van der Waals surface area (Å²) in [6.07, 6.45) is 1.77. The van der Waals surface area contributed by atoms with Crippen molar-refractivity contribution < 1.29 is 9.59 Å². The molecule has 2 rings (SSSR count). The molecule has 0 radical (unpaired) electrons. The monoisotopic (exact) mass is 351 g/mol. The molecule has 0 aliphatic carbocycles. The number of hydrogen-bond acceptors (Lipinski definition) is 4. The minimum atomic E-state index is -0.0810. The molecular weight excluding hydrogens is 322 g/mol. The van der Waals surface area contributed by atoms with Crippen LogP contribution in [-0.4, -0.2) is 54.3 Å². The lowest BCUT2D eigenvalue weighted by atomic mass is 9.97. The zero-order valence-electron chi connectivity index (χ0n) is 15.0. The number of likely N-dealkylation sites (tertiary alicyclic amines) is 1. The largest absolute Gasteiger partial charge is 0.354 e.